The molecule has 18 heavy (non-hydrogen) atoms. The molecule has 1 atom stereocenters. The molecule has 1 aromatic rings. The third-order valence-corrected chi connectivity index (χ3v) is 3.84. The van der Waals surface area contributed by atoms with Gasteiger partial charge in [0.15, 0.2) is 0 Å². The van der Waals surface area contributed by atoms with Crippen LogP contribution in [-0.2, 0) is 21.2 Å². The van der Waals surface area contributed by atoms with Gasteiger partial charge in [-0.3, -0.25) is 0 Å². The lowest BCUT2D eigenvalue weighted by atomic mass is 10.1. The molecule has 6 heteroatoms. The predicted octanol–water partition coefficient (Wildman–Crippen LogP) is 0.156. The first-order chi connectivity index (χ1) is 8.57. The lowest BCUT2D eigenvalue weighted by molar-refractivity contribution is 0.216. The molecule has 0 heterocycles. The van der Waals surface area contributed by atoms with Crippen molar-refractivity contribution in [3.8, 4) is 0 Å². The summed E-state index contributed by atoms with van der Waals surface area (Å²) in [6.07, 6.45) is 0.462. The van der Waals surface area contributed by atoms with Crippen LogP contribution in [0.2, 0.25) is 0 Å². The molecular weight excluding hydrogens is 254 g/mol. The van der Waals surface area contributed by atoms with Gasteiger partial charge in [0.05, 0.1) is 19.0 Å². The van der Waals surface area contributed by atoms with Crippen molar-refractivity contribution in [2.75, 3.05) is 26.1 Å². The van der Waals surface area contributed by atoms with Crippen LogP contribution < -0.4 is 4.72 Å². The van der Waals surface area contributed by atoms with E-state index in [1.54, 1.807) is 0 Å². The molecule has 1 rings (SSSR count). The summed E-state index contributed by atoms with van der Waals surface area (Å²) in [4.78, 5) is 0. The van der Waals surface area contributed by atoms with E-state index in [1.165, 1.54) is 7.11 Å². The largest absolute Gasteiger partial charge is 0.395 e. The maximum Gasteiger partial charge on any atom is 0.214 e. The fraction of sp³-hybridized carbons (Fsp3) is 0.500. The summed E-state index contributed by atoms with van der Waals surface area (Å²) in [5, 5.41) is 9.22. The Hall–Kier alpha value is -0.950. The Labute approximate surface area is 108 Å². The first kappa shape index (κ1) is 15.1. The van der Waals surface area contributed by atoms with Gasteiger partial charge in [0.2, 0.25) is 10.0 Å². The molecular formula is C12H19NO4S. The first-order valence-electron chi connectivity index (χ1n) is 5.71. The number of hydrogen-bond acceptors (Lipinski definition) is 4. The Kier molecular flexibility index (Phi) is 6.28. The SMILES string of the molecule is COCCS(=O)(=O)N[C@@H](CO)Cc1ccccc1. The third kappa shape index (κ3) is 5.59. The van der Waals surface area contributed by atoms with Gasteiger partial charge in [-0.2, -0.15) is 0 Å². The summed E-state index contributed by atoms with van der Waals surface area (Å²) in [6.45, 7) is -0.0973. The fourth-order valence-electron chi connectivity index (χ4n) is 1.55. The molecule has 2 N–H and O–H groups in total. The van der Waals surface area contributed by atoms with E-state index in [0.717, 1.165) is 5.56 Å². The third-order valence-electron chi connectivity index (χ3n) is 2.45. The van der Waals surface area contributed by atoms with Crippen molar-refractivity contribution in [3.63, 3.8) is 0 Å². The molecule has 5 nitrogen and oxygen atoms in total. The minimum atomic E-state index is -3.41. The Bertz CT molecular complexity index is 433. The molecule has 1 aromatic carbocycles. The highest BCUT2D eigenvalue weighted by Gasteiger charge is 2.17. The highest BCUT2D eigenvalue weighted by molar-refractivity contribution is 7.89. The number of methoxy groups -OCH3 is 1. The predicted molar refractivity (Wildman–Crippen MR) is 69.8 cm³/mol. The normalized spacial score (nSPS) is 13.4. The Morgan fingerprint density at radius 3 is 2.56 bits per heavy atom. The Morgan fingerprint density at radius 1 is 1.33 bits per heavy atom. The van der Waals surface area contributed by atoms with Crippen molar-refractivity contribution >= 4 is 10.0 Å². The second kappa shape index (κ2) is 7.48. The molecule has 0 spiro atoms. The lowest BCUT2D eigenvalue weighted by Crippen LogP contribution is -2.40. The standard InChI is InChI=1S/C12H19NO4S/c1-17-7-8-18(15,16)13-12(10-14)9-11-5-3-2-4-6-11/h2-6,12-14H,7-10H2,1H3/t12-/m1/s1. The number of nitrogens with one attached hydrogen (secondary N) is 1. The van der Waals surface area contributed by atoms with Crippen LogP contribution in [0.4, 0.5) is 0 Å². The number of aliphatic hydroxyl groups excluding tert-OH is 1. The van der Waals surface area contributed by atoms with E-state index < -0.39 is 16.1 Å². The Balaban J connectivity index is 2.57. The second-order valence-corrected chi connectivity index (χ2v) is 5.87. The zero-order valence-corrected chi connectivity index (χ0v) is 11.2. The number of sulfonamides is 1. The molecule has 0 saturated carbocycles. The average Bonchev–Trinajstić information content (AvgIpc) is 2.36. The van der Waals surface area contributed by atoms with E-state index in [1.807, 2.05) is 30.3 Å². The van der Waals surface area contributed by atoms with Crippen molar-refractivity contribution in [1.29, 1.82) is 0 Å². The van der Waals surface area contributed by atoms with Crippen LogP contribution in [-0.4, -0.2) is 45.6 Å². The van der Waals surface area contributed by atoms with Crippen LogP contribution in [0.1, 0.15) is 5.56 Å². The molecule has 0 saturated heterocycles. The molecule has 0 fully saturated rings. The van der Waals surface area contributed by atoms with Crippen LogP contribution in [0, 0.1) is 0 Å². The average molecular weight is 273 g/mol. The summed E-state index contributed by atoms with van der Waals surface area (Å²) in [6, 6.07) is 8.93. The zero-order chi connectivity index (χ0) is 13.4. The number of rotatable bonds is 8. The molecule has 0 aliphatic rings. The summed E-state index contributed by atoms with van der Waals surface area (Å²) in [5.41, 5.74) is 0.978. The summed E-state index contributed by atoms with van der Waals surface area (Å²) < 4.78 is 30.5. The van der Waals surface area contributed by atoms with Crippen molar-refractivity contribution in [2.24, 2.45) is 0 Å². The molecule has 0 radical (unpaired) electrons. The molecule has 0 unspecified atom stereocenters. The Morgan fingerprint density at radius 2 is 2.00 bits per heavy atom. The number of benzene rings is 1. The maximum absolute atomic E-state index is 11.6. The van der Waals surface area contributed by atoms with Crippen molar-refractivity contribution < 1.29 is 18.3 Å². The van der Waals surface area contributed by atoms with Gasteiger partial charge in [0.1, 0.15) is 0 Å². The van der Waals surface area contributed by atoms with E-state index in [2.05, 4.69) is 4.72 Å². The smallest absolute Gasteiger partial charge is 0.214 e. The van der Waals surface area contributed by atoms with Gasteiger partial charge in [0.25, 0.3) is 0 Å². The van der Waals surface area contributed by atoms with Gasteiger partial charge >= 0.3 is 0 Å². The van der Waals surface area contributed by atoms with Crippen LogP contribution in [0.15, 0.2) is 30.3 Å². The molecule has 0 amide bonds. The molecule has 102 valence electrons. The first-order valence-corrected chi connectivity index (χ1v) is 7.36. The topological polar surface area (TPSA) is 75.6 Å². The minimum Gasteiger partial charge on any atom is -0.395 e. The van der Waals surface area contributed by atoms with Crippen LogP contribution in [0.25, 0.3) is 0 Å². The lowest BCUT2D eigenvalue weighted by Gasteiger charge is -2.16. The van der Waals surface area contributed by atoms with Crippen LogP contribution >= 0.6 is 0 Å². The summed E-state index contributed by atoms with van der Waals surface area (Å²) >= 11 is 0. The van der Waals surface area contributed by atoms with E-state index in [9.17, 15) is 13.5 Å². The van der Waals surface area contributed by atoms with Crippen molar-refractivity contribution in [3.05, 3.63) is 35.9 Å². The van der Waals surface area contributed by atoms with Gasteiger partial charge < -0.3 is 9.84 Å². The van der Waals surface area contributed by atoms with Crippen LogP contribution in [0.5, 0.6) is 0 Å². The van der Waals surface area contributed by atoms with E-state index in [0.29, 0.717) is 6.42 Å². The number of aliphatic hydroxyl groups is 1. The summed E-state index contributed by atoms with van der Waals surface area (Å²) in [5.74, 6) is -0.102. The number of ether oxygens (including phenoxy) is 1. The van der Waals surface area contributed by atoms with Gasteiger partial charge in [-0.05, 0) is 12.0 Å². The van der Waals surface area contributed by atoms with Gasteiger partial charge in [-0.25, -0.2) is 13.1 Å². The van der Waals surface area contributed by atoms with E-state index >= 15 is 0 Å². The van der Waals surface area contributed by atoms with Crippen LogP contribution in [0.3, 0.4) is 0 Å². The quantitative estimate of drug-likeness (QED) is 0.707. The van der Waals surface area contributed by atoms with Gasteiger partial charge in [0, 0.05) is 13.2 Å². The molecule has 0 bridgehead atoms. The molecule has 0 aromatic heterocycles. The number of hydrogen-bond donors (Lipinski definition) is 2. The van der Waals surface area contributed by atoms with Crippen molar-refractivity contribution in [1.82, 2.24) is 4.72 Å². The fourth-order valence-corrected chi connectivity index (χ4v) is 2.72. The van der Waals surface area contributed by atoms with Gasteiger partial charge in [-0.1, -0.05) is 30.3 Å². The summed E-state index contributed by atoms with van der Waals surface area (Å²) in [7, 11) is -1.96. The molecule has 0 aliphatic carbocycles. The van der Waals surface area contributed by atoms with Crippen molar-refractivity contribution in [2.45, 2.75) is 12.5 Å². The maximum atomic E-state index is 11.6. The minimum absolute atomic E-state index is 0.102. The van der Waals surface area contributed by atoms with E-state index in [4.69, 9.17) is 4.74 Å². The second-order valence-electron chi connectivity index (χ2n) is 4.00. The van der Waals surface area contributed by atoms with Gasteiger partial charge in [-0.15, -0.1) is 0 Å². The molecule has 0 aliphatic heterocycles. The zero-order valence-electron chi connectivity index (χ0n) is 10.4. The highest BCUT2D eigenvalue weighted by Crippen LogP contribution is 2.04. The van der Waals surface area contributed by atoms with E-state index in [-0.39, 0.29) is 19.0 Å². The monoisotopic (exact) mass is 273 g/mol. The highest BCUT2D eigenvalue weighted by atomic mass is 32.2.